The van der Waals surface area contributed by atoms with Gasteiger partial charge in [0.15, 0.2) is 6.61 Å². The number of carbonyl (C=O) groups is 2. The maximum Gasteiger partial charge on any atom is 0.408 e. The van der Waals surface area contributed by atoms with Crippen molar-refractivity contribution < 1.29 is 28.5 Å². The number of imidazole rings is 1. The molecule has 1 amide bonds. The lowest BCUT2D eigenvalue weighted by Gasteiger charge is -2.26. The molecular weight excluding hydrogens is 402 g/mol. The van der Waals surface area contributed by atoms with Gasteiger partial charge in [-0.15, -0.1) is 0 Å². The summed E-state index contributed by atoms with van der Waals surface area (Å²) in [6.07, 6.45) is 1.20. The quantitative estimate of drug-likeness (QED) is 0.668. The van der Waals surface area contributed by atoms with Crippen LogP contribution in [0.25, 0.3) is 11.0 Å². The van der Waals surface area contributed by atoms with Crippen LogP contribution in [-0.2, 0) is 25.5 Å². The van der Waals surface area contributed by atoms with E-state index in [2.05, 4.69) is 9.88 Å². The topological polar surface area (TPSA) is 101 Å². The standard InChI is InChI=1S/C22H31N3O6/c1-5-29-20(26)14-30-16-6-7-17-18(12-16)25(15-8-10-28-11-9-15)19(24-17)13-23-21(27)31-22(2,3)4/h6-7,12,15H,5,8-11,13-14H2,1-4H3,(H,23,27). The number of hydrogen-bond acceptors (Lipinski definition) is 7. The summed E-state index contributed by atoms with van der Waals surface area (Å²) in [6, 6.07) is 5.68. The number of ether oxygens (including phenoxy) is 4. The van der Waals surface area contributed by atoms with E-state index in [0.29, 0.717) is 25.6 Å². The van der Waals surface area contributed by atoms with E-state index < -0.39 is 17.7 Å². The van der Waals surface area contributed by atoms with Gasteiger partial charge in [0, 0.05) is 25.3 Å². The first-order valence-electron chi connectivity index (χ1n) is 10.6. The summed E-state index contributed by atoms with van der Waals surface area (Å²) in [6.45, 7) is 8.95. The lowest BCUT2D eigenvalue weighted by Crippen LogP contribution is -2.33. The Bertz CT molecular complexity index is 912. The molecule has 9 nitrogen and oxygen atoms in total. The van der Waals surface area contributed by atoms with Crippen LogP contribution in [0.1, 0.15) is 52.4 Å². The van der Waals surface area contributed by atoms with E-state index in [-0.39, 0.29) is 19.2 Å². The van der Waals surface area contributed by atoms with Gasteiger partial charge in [-0.2, -0.15) is 0 Å². The molecule has 170 valence electrons. The summed E-state index contributed by atoms with van der Waals surface area (Å²) in [7, 11) is 0. The number of hydrogen-bond donors (Lipinski definition) is 1. The first-order chi connectivity index (χ1) is 14.8. The zero-order chi connectivity index (χ0) is 22.4. The average molecular weight is 434 g/mol. The molecule has 2 aromatic rings. The highest BCUT2D eigenvalue weighted by Crippen LogP contribution is 2.30. The molecule has 1 N–H and O–H groups in total. The Labute approximate surface area is 182 Å². The van der Waals surface area contributed by atoms with Crippen molar-refractivity contribution in [2.75, 3.05) is 26.4 Å². The van der Waals surface area contributed by atoms with Crippen LogP contribution in [0.3, 0.4) is 0 Å². The summed E-state index contributed by atoms with van der Waals surface area (Å²) >= 11 is 0. The molecule has 1 aliphatic rings. The van der Waals surface area contributed by atoms with Gasteiger partial charge in [-0.05, 0) is 52.7 Å². The molecule has 0 saturated carbocycles. The molecule has 1 aromatic carbocycles. The molecule has 0 spiro atoms. The Morgan fingerprint density at radius 2 is 2.00 bits per heavy atom. The largest absolute Gasteiger partial charge is 0.482 e. The van der Waals surface area contributed by atoms with E-state index in [1.165, 1.54) is 0 Å². The minimum Gasteiger partial charge on any atom is -0.482 e. The van der Waals surface area contributed by atoms with Crippen LogP contribution in [-0.4, -0.2) is 53.6 Å². The Kier molecular flexibility index (Phi) is 7.37. The number of benzene rings is 1. The Morgan fingerprint density at radius 1 is 1.26 bits per heavy atom. The van der Waals surface area contributed by atoms with E-state index in [9.17, 15) is 9.59 Å². The van der Waals surface area contributed by atoms with Crippen molar-refractivity contribution in [3.8, 4) is 5.75 Å². The predicted molar refractivity (Wildman–Crippen MR) is 114 cm³/mol. The van der Waals surface area contributed by atoms with E-state index in [0.717, 1.165) is 29.7 Å². The Hall–Kier alpha value is -2.81. The smallest absolute Gasteiger partial charge is 0.408 e. The average Bonchev–Trinajstić information content (AvgIpc) is 3.08. The van der Waals surface area contributed by atoms with Crippen molar-refractivity contribution in [1.82, 2.24) is 14.9 Å². The number of fused-ring (bicyclic) bond motifs is 1. The van der Waals surface area contributed by atoms with Gasteiger partial charge in [0.1, 0.15) is 17.2 Å². The Morgan fingerprint density at radius 3 is 2.68 bits per heavy atom. The first kappa shape index (κ1) is 22.9. The molecule has 0 atom stereocenters. The molecule has 0 aliphatic carbocycles. The fourth-order valence-electron chi connectivity index (χ4n) is 3.50. The molecule has 31 heavy (non-hydrogen) atoms. The fourth-order valence-corrected chi connectivity index (χ4v) is 3.50. The lowest BCUT2D eigenvalue weighted by molar-refractivity contribution is -0.145. The van der Waals surface area contributed by atoms with E-state index in [1.807, 2.05) is 32.9 Å². The molecule has 1 aliphatic heterocycles. The maximum atomic E-state index is 12.1. The van der Waals surface area contributed by atoms with Crippen molar-refractivity contribution in [3.63, 3.8) is 0 Å². The highest BCUT2D eigenvalue weighted by Gasteiger charge is 2.23. The van der Waals surface area contributed by atoms with Crippen LogP contribution in [0.5, 0.6) is 5.75 Å². The van der Waals surface area contributed by atoms with Crippen molar-refractivity contribution in [1.29, 1.82) is 0 Å². The molecule has 1 saturated heterocycles. The van der Waals surface area contributed by atoms with Gasteiger partial charge in [0.2, 0.25) is 0 Å². The number of nitrogens with zero attached hydrogens (tertiary/aromatic N) is 2. The first-order valence-corrected chi connectivity index (χ1v) is 10.6. The molecule has 2 heterocycles. The number of alkyl carbamates (subject to hydrolysis) is 1. The summed E-state index contributed by atoms with van der Waals surface area (Å²) < 4.78 is 23.5. The van der Waals surface area contributed by atoms with Crippen molar-refractivity contribution in [2.45, 2.75) is 58.7 Å². The van der Waals surface area contributed by atoms with Gasteiger partial charge in [-0.3, -0.25) is 0 Å². The monoisotopic (exact) mass is 433 g/mol. The second kappa shape index (κ2) is 10.00. The normalized spacial score (nSPS) is 15.0. The van der Waals surface area contributed by atoms with Gasteiger partial charge < -0.3 is 28.8 Å². The SMILES string of the molecule is CCOC(=O)COc1ccc2nc(CNC(=O)OC(C)(C)C)n(C3CCOCC3)c2c1. The minimum absolute atomic E-state index is 0.155. The van der Waals surface area contributed by atoms with E-state index in [1.54, 1.807) is 13.0 Å². The highest BCUT2D eigenvalue weighted by atomic mass is 16.6. The van der Waals surface area contributed by atoms with Crippen molar-refractivity contribution in [2.24, 2.45) is 0 Å². The van der Waals surface area contributed by atoms with Gasteiger partial charge in [0.25, 0.3) is 0 Å². The third-order valence-corrected chi connectivity index (χ3v) is 4.74. The third kappa shape index (κ3) is 6.33. The lowest BCUT2D eigenvalue weighted by atomic mass is 10.1. The summed E-state index contributed by atoms with van der Waals surface area (Å²) in [5.41, 5.74) is 1.10. The fraction of sp³-hybridized carbons (Fsp3) is 0.591. The molecule has 1 fully saturated rings. The van der Waals surface area contributed by atoms with Crippen LogP contribution in [0.15, 0.2) is 18.2 Å². The van der Waals surface area contributed by atoms with Gasteiger partial charge >= 0.3 is 12.1 Å². The summed E-state index contributed by atoms with van der Waals surface area (Å²) in [5.74, 6) is 0.874. The number of amides is 1. The van der Waals surface area contributed by atoms with Crippen LogP contribution < -0.4 is 10.1 Å². The number of nitrogens with one attached hydrogen (secondary N) is 1. The predicted octanol–water partition coefficient (Wildman–Crippen LogP) is 3.35. The molecule has 9 heteroatoms. The number of rotatable bonds is 7. The molecule has 0 radical (unpaired) electrons. The molecule has 0 bridgehead atoms. The zero-order valence-electron chi connectivity index (χ0n) is 18.6. The molecule has 0 unspecified atom stereocenters. The number of esters is 1. The van der Waals surface area contributed by atoms with Gasteiger partial charge in [0.05, 0.1) is 24.2 Å². The molecular formula is C22H31N3O6. The number of carbonyl (C=O) groups excluding carboxylic acids is 2. The van der Waals surface area contributed by atoms with E-state index >= 15 is 0 Å². The minimum atomic E-state index is -0.573. The third-order valence-electron chi connectivity index (χ3n) is 4.74. The van der Waals surface area contributed by atoms with E-state index in [4.69, 9.17) is 23.9 Å². The van der Waals surface area contributed by atoms with Crippen molar-refractivity contribution >= 4 is 23.1 Å². The van der Waals surface area contributed by atoms with Crippen LogP contribution in [0, 0.1) is 0 Å². The van der Waals surface area contributed by atoms with Crippen LogP contribution in [0.4, 0.5) is 4.79 Å². The second-order valence-electron chi connectivity index (χ2n) is 8.34. The van der Waals surface area contributed by atoms with Crippen LogP contribution >= 0.6 is 0 Å². The molecule has 3 rings (SSSR count). The Balaban J connectivity index is 1.84. The maximum absolute atomic E-state index is 12.1. The zero-order valence-corrected chi connectivity index (χ0v) is 18.6. The summed E-state index contributed by atoms with van der Waals surface area (Å²) in [5, 5.41) is 2.80. The van der Waals surface area contributed by atoms with Crippen molar-refractivity contribution in [3.05, 3.63) is 24.0 Å². The number of aromatic nitrogens is 2. The van der Waals surface area contributed by atoms with Crippen LogP contribution in [0.2, 0.25) is 0 Å². The van der Waals surface area contributed by atoms with Gasteiger partial charge in [-0.1, -0.05) is 0 Å². The second-order valence-corrected chi connectivity index (χ2v) is 8.34. The molecule has 1 aromatic heterocycles. The van der Waals surface area contributed by atoms with Gasteiger partial charge in [-0.25, -0.2) is 14.6 Å². The highest BCUT2D eigenvalue weighted by molar-refractivity contribution is 5.78. The summed E-state index contributed by atoms with van der Waals surface area (Å²) in [4.78, 5) is 28.5.